The Bertz CT molecular complexity index is 731. The van der Waals surface area contributed by atoms with E-state index in [4.69, 9.17) is 4.52 Å². The molecule has 0 saturated heterocycles. The molecule has 2 aromatic rings. The van der Waals surface area contributed by atoms with E-state index in [0.29, 0.717) is 17.2 Å². The second kappa shape index (κ2) is 5.63. The number of rotatable bonds is 4. The van der Waals surface area contributed by atoms with E-state index in [9.17, 15) is 9.59 Å². The Kier molecular flexibility index (Phi) is 3.66. The maximum absolute atomic E-state index is 12.2. The lowest BCUT2D eigenvalue weighted by molar-refractivity contribution is 0.0600. The minimum Gasteiger partial charge on any atom is -0.465 e. The average Bonchev–Trinajstić information content (AvgIpc) is 3.25. The Morgan fingerprint density at radius 1 is 1.32 bits per heavy atom. The normalized spacial score (nSPS) is 13.7. The zero-order valence-corrected chi connectivity index (χ0v) is 12.4. The summed E-state index contributed by atoms with van der Waals surface area (Å²) < 4.78 is 9.85. The Balaban J connectivity index is 1.78. The van der Waals surface area contributed by atoms with Gasteiger partial charge in [0.25, 0.3) is 5.91 Å². The third-order valence-corrected chi connectivity index (χ3v) is 3.65. The molecule has 1 aliphatic carbocycles. The highest BCUT2D eigenvalue weighted by atomic mass is 16.5. The Morgan fingerprint density at radius 2 is 2.09 bits per heavy atom. The molecule has 0 unspecified atom stereocenters. The molecule has 1 N–H and O–H groups in total. The number of ether oxygens (including phenoxy) is 1. The summed E-state index contributed by atoms with van der Waals surface area (Å²) in [6, 6.07) is 6.66. The summed E-state index contributed by atoms with van der Waals surface area (Å²) in [7, 11) is 1.31. The van der Waals surface area contributed by atoms with Gasteiger partial charge in [0, 0.05) is 17.7 Å². The SMILES string of the molecule is COC(=O)c1ccc(C)c(NC(=O)c2cc(C3CC3)on2)c1. The molecule has 1 heterocycles. The van der Waals surface area contributed by atoms with E-state index in [2.05, 4.69) is 15.2 Å². The number of hydrogen-bond donors (Lipinski definition) is 1. The van der Waals surface area contributed by atoms with Crippen molar-refractivity contribution in [3.63, 3.8) is 0 Å². The van der Waals surface area contributed by atoms with Crippen LogP contribution < -0.4 is 5.32 Å². The molecule has 1 aromatic heterocycles. The Morgan fingerprint density at radius 3 is 2.77 bits per heavy atom. The second-order valence-corrected chi connectivity index (χ2v) is 5.36. The molecule has 0 bridgehead atoms. The van der Waals surface area contributed by atoms with Crippen molar-refractivity contribution in [3.8, 4) is 0 Å². The monoisotopic (exact) mass is 300 g/mol. The van der Waals surface area contributed by atoms with Gasteiger partial charge < -0.3 is 14.6 Å². The van der Waals surface area contributed by atoms with Crippen LogP contribution in [0.25, 0.3) is 0 Å². The van der Waals surface area contributed by atoms with Crippen molar-refractivity contribution in [2.24, 2.45) is 0 Å². The van der Waals surface area contributed by atoms with Crippen LogP contribution in [-0.2, 0) is 4.74 Å². The van der Waals surface area contributed by atoms with Gasteiger partial charge in [0.2, 0.25) is 0 Å². The van der Waals surface area contributed by atoms with Crippen LogP contribution in [0.4, 0.5) is 5.69 Å². The molecule has 6 heteroatoms. The van der Waals surface area contributed by atoms with Crippen LogP contribution >= 0.6 is 0 Å². The zero-order valence-electron chi connectivity index (χ0n) is 12.4. The third-order valence-electron chi connectivity index (χ3n) is 3.65. The first-order valence-electron chi connectivity index (χ1n) is 7.05. The molecule has 6 nitrogen and oxygen atoms in total. The summed E-state index contributed by atoms with van der Waals surface area (Å²) in [5.74, 6) is 0.345. The topological polar surface area (TPSA) is 81.4 Å². The van der Waals surface area contributed by atoms with Crippen LogP contribution in [-0.4, -0.2) is 24.1 Å². The number of aryl methyl sites for hydroxylation is 1. The molecule has 3 rings (SSSR count). The van der Waals surface area contributed by atoms with E-state index in [-0.39, 0.29) is 11.6 Å². The predicted molar refractivity (Wildman–Crippen MR) is 78.9 cm³/mol. The highest BCUT2D eigenvalue weighted by Gasteiger charge is 2.29. The van der Waals surface area contributed by atoms with Gasteiger partial charge in [-0.3, -0.25) is 4.79 Å². The molecule has 1 aliphatic rings. The number of amides is 1. The molecule has 0 aliphatic heterocycles. The number of nitrogens with zero attached hydrogens (tertiary/aromatic N) is 1. The lowest BCUT2D eigenvalue weighted by atomic mass is 10.1. The fraction of sp³-hybridized carbons (Fsp3) is 0.312. The number of methoxy groups -OCH3 is 1. The molecular weight excluding hydrogens is 284 g/mol. The van der Waals surface area contributed by atoms with Crippen molar-refractivity contribution in [2.75, 3.05) is 12.4 Å². The van der Waals surface area contributed by atoms with E-state index in [1.807, 2.05) is 6.92 Å². The van der Waals surface area contributed by atoms with Crippen molar-refractivity contribution in [3.05, 3.63) is 46.8 Å². The quantitative estimate of drug-likeness (QED) is 0.878. The molecule has 114 valence electrons. The smallest absolute Gasteiger partial charge is 0.337 e. The van der Waals surface area contributed by atoms with Gasteiger partial charge in [-0.25, -0.2) is 4.79 Å². The summed E-state index contributed by atoms with van der Waals surface area (Å²) >= 11 is 0. The summed E-state index contributed by atoms with van der Waals surface area (Å²) in [5.41, 5.74) is 2.00. The van der Waals surface area contributed by atoms with Gasteiger partial charge in [-0.2, -0.15) is 0 Å². The van der Waals surface area contributed by atoms with Crippen LogP contribution in [0.15, 0.2) is 28.8 Å². The summed E-state index contributed by atoms with van der Waals surface area (Å²) in [6.45, 7) is 1.84. The highest BCUT2D eigenvalue weighted by Crippen LogP contribution is 2.40. The largest absolute Gasteiger partial charge is 0.465 e. The summed E-state index contributed by atoms with van der Waals surface area (Å²) in [5, 5.41) is 6.55. The Labute approximate surface area is 127 Å². The molecule has 1 saturated carbocycles. The lowest BCUT2D eigenvalue weighted by Crippen LogP contribution is -2.14. The van der Waals surface area contributed by atoms with Crippen molar-refractivity contribution in [1.82, 2.24) is 5.16 Å². The number of benzene rings is 1. The van der Waals surface area contributed by atoms with Crippen molar-refractivity contribution >= 4 is 17.6 Å². The van der Waals surface area contributed by atoms with E-state index in [0.717, 1.165) is 24.2 Å². The van der Waals surface area contributed by atoms with Crippen LogP contribution in [0.1, 0.15) is 50.9 Å². The Hall–Kier alpha value is -2.63. The van der Waals surface area contributed by atoms with Gasteiger partial charge in [0.1, 0.15) is 5.76 Å². The van der Waals surface area contributed by atoms with E-state index in [1.165, 1.54) is 7.11 Å². The molecule has 0 atom stereocenters. The number of nitrogens with one attached hydrogen (secondary N) is 1. The predicted octanol–water partition coefficient (Wildman–Crippen LogP) is 2.90. The second-order valence-electron chi connectivity index (χ2n) is 5.36. The third kappa shape index (κ3) is 2.86. The number of carbonyl (C=O) groups excluding carboxylic acids is 2. The number of anilines is 1. The van der Waals surface area contributed by atoms with Crippen LogP contribution in [0.3, 0.4) is 0 Å². The average molecular weight is 300 g/mol. The fourth-order valence-corrected chi connectivity index (χ4v) is 2.14. The van der Waals surface area contributed by atoms with Gasteiger partial charge in [0.15, 0.2) is 5.69 Å². The molecule has 1 amide bonds. The van der Waals surface area contributed by atoms with Crippen LogP contribution in [0.2, 0.25) is 0 Å². The maximum Gasteiger partial charge on any atom is 0.337 e. The van der Waals surface area contributed by atoms with Crippen LogP contribution in [0.5, 0.6) is 0 Å². The summed E-state index contributed by atoms with van der Waals surface area (Å²) in [6.07, 6.45) is 2.16. The van der Waals surface area contributed by atoms with E-state index >= 15 is 0 Å². The van der Waals surface area contributed by atoms with Gasteiger partial charge >= 0.3 is 5.97 Å². The number of esters is 1. The molecule has 22 heavy (non-hydrogen) atoms. The zero-order chi connectivity index (χ0) is 15.7. The first-order chi connectivity index (χ1) is 10.6. The fourth-order valence-electron chi connectivity index (χ4n) is 2.14. The van der Waals surface area contributed by atoms with Crippen molar-refractivity contribution in [1.29, 1.82) is 0 Å². The van der Waals surface area contributed by atoms with Crippen LogP contribution in [0, 0.1) is 6.92 Å². The number of carbonyl (C=O) groups is 2. The van der Waals surface area contributed by atoms with Gasteiger partial charge in [0.05, 0.1) is 12.7 Å². The van der Waals surface area contributed by atoms with Crippen molar-refractivity contribution < 1.29 is 18.8 Å². The van der Waals surface area contributed by atoms with Crippen molar-refractivity contribution in [2.45, 2.75) is 25.7 Å². The summed E-state index contributed by atoms with van der Waals surface area (Å²) in [4.78, 5) is 23.8. The minimum absolute atomic E-state index is 0.241. The first-order valence-corrected chi connectivity index (χ1v) is 7.05. The molecular formula is C16H16N2O4. The van der Waals surface area contributed by atoms with Gasteiger partial charge in [-0.1, -0.05) is 11.2 Å². The molecule has 0 radical (unpaired) electrons. The highest BCUT2D eigenvalue weighted by molar-refractivity contribution is 6.04. The molecule has 1 fully saturated rings. The lowest BCUT2D eigenvalue weighted by Gasteiger charge is -2.08. The number of aromatic nitrogens is 1. The minimum atomic E-state index is -0.451. The first kappa shape index (κ1) is 14.3. The van der Waals surface area contributed by atoms with E-state index in [1.54, 1.807) is 24.3 Å². The molecule has 1 aromatic carbocycles. The van der Waals surface area contributed by atoms with Gasteiger partial charge in [-0.05, 0) is 37.5 Å². The maximum atomic E-state index is 12.2. The standard InChI is InChI=1S/C16H16N2O4/c1-9-3-4-11(16(20)21-2)7-12(9)17-15(19)13-8-14(22-18-13)10-5-6-10/h3-4,7-8,10H,5-6H2,1-2H3,(H,17,19). The molecule has 0 spiro atoms. The number of hydrogen-bond acceptors (Lipinski definition) is 5. The van der Waals surface area contributed by atoms with Gasteiger partial charge in [-0.15, -0.1) is 0 Å². The van der Waals surface area contributed by atoms with E-state index < -0.39 is 5.97 Å².